The smallest absolute Gasteiger partial charge is 0.0725 e. The molecule has 0 saturated carbocycles. The van der Waals surface area contributed by atoms with Gasteiger partial charge in [-0.1, -0.05) is 109 Å². The van der Waals surface area contributed by atoms with Crippen LogP contribution in [0.5, 0.6) is 0 Å². The maximum atomic E-state index is 5.26. The standard InChI is InChI=1S/C51H32N4/c1-4-14-43-39(11-1)40-12-2-5-15-44(40)51(43)45-16-6-3-13-41(45)42-20-19-36(30-46(42)51)35-9-7-10-37(29-35)47-17-8-18-48(54-47)38-31-49(33-21-25-52-26-22-33)55-50(32-38)34-23-27-53-28-24-34/h1-32H. The highest BCUT2D eigenvalue weighted by atomic mass is 14.7. The van der Waals surface area contributed by atoms with Gasteiger partial charge in [-0.15, -0.1) is 0 Å². The lowest BCUT2D eigenvalue weighted by atomic mass is 9.70. The highest BCUT2D eigenvalue weighted by molar-refractivity contribution is 5.96. The molecule has 0 aliphatic heterocycles. The summed E-state index contributed by atoms with van der Waals surface area (Å²) in [4.78, 5) is 18.7. The number of pyridine rings is 4. The summed E-state index contributed by atoms with van der Waals surface area (Å²) in [6.45, 7) is 0. The number of hydrogen-bond donors (Lipinski definition) is 0. The number of benzene rings is 5. The van der Waals surface area contributed by atoms with Crippen molar-refractivity contribution >= 4 is 0 Å². The van der Waals surface area contributed by atoms with Gasteiger partial charge in [0.25, 0.3) is 0 Å². The second kappa shape index (κ2) is 12.4. The lowest BCUT2D eigenvalue weighted by Crippen LogP contribution is -2.25. The minimum Gasteiger partial charge on any atom is -0.265 e. The second-order valence-electron chi connectivity index (χ2n) is 14.2. The Labute approximate surface area is 319 Å². The Morgan fingerprint density at radius 3 is 1.31 bits per heavy atom. The summed E-state index contributed by atoms with van der Waals surface area (Å²) in [6.07, 6.45) is 7.19. The molecule has 11 rings (SSSR count). The van der Waals surface area contributed by atoms with Gasteiger partial charge in [0.1, 0.15) is 0 Å². The molecular formula is C51H32N4. The quantitative estimate of drug-likeness (QED) is 0.179. The third-order valence-electron chi connectivity index (χ3n) is 11.3. The van der Waals surface area contributed by atoms with Crippen LogP contribution in [0.4, 0.5) is 0 Å². The Morgan fingerprint density at radius 1 is 0.273 bits per heavy atom. The molecule has 4 aromatic heterocycles. The zero-order valence-corrected chi connectivity index (χ0v) is 29.8. The largest absolute Gasteiger partial charge is 0.265 e. The molecular weight excluding hydrogens is 669 g/mol. The predicted molar refractivity (Wildman–Crippen MR) is 221 cm³/mol. The SMILES string of the molecule is c1cc(-c2ccc3c(c2)C2(c4ccccc4-c4ccccc42)c2ccccc2-3)cc(-c2cccc(-c3cc(-c4ccncc4)nc(-c4ccncc4)c3)n2)c1. The molecule has 0 N–H and O–H groups in total. The first-order valence-corrected chi connectivity index (χ1v) is 18.6. The number of rotatable bonds is 5. The summed E-state index contributed by atoms with van der Waals surface area (Å²) in [5.41, 5.74) is 20.2. The van der Waals surface area contributed by atoms with Gasteiger partial charge in [0.2, 0.25) is 0 Å². The van der Waals surface area contributed by atoms with Crippen LogP contribution in [0.15, 0.2) is 195 Å². The predicted octanol–water partition coefficient (Wildman–Crippen LogP) is 11.9. The van der Waals surface area contributed by atoms with Crippen LogP contribution in [0.1, 0.15) is 22.3 Å². The van der Waals surface area contributed by atoms with Crippen molar-refractivity contribution in [3.63, 3.8) is 0 Å². The maximum Gasteiger partial charge on any atom is 0.0725 e. The maximum absolute atomic E-state index is 5.26. The van der Waals surface area contributed by atoms with E-state index in [1.54, 1.807) is 24.8 Å². The molecule has 1 spiro atoms. The first kappa shape index (κ1) is 31.2. The monoisotopic (exact) mass is 700 g/mol. The fraction of sp³-hybridized carbons (Fsp3) is 0.0196. The van der Waals surface area contributed by atoms with E-state index in [1.807, 2.05) is 24.3 Å². The van der Waals surface area contributed by atoms with Gasteiger partial charge in [-0.05, 0) is 116 Å². The van der Waals surface area contributed by atoms with Crippen molar-refractivity contribution < 1.29 is 0 Å². The van der Waals surface area contributed by atoms with Crippen molar-refractivity contribution in [3.05, 3.63) is 217 Å². The van der Waals surface area contributed by atoms with E-state index in [-0.39, 0.29) is 5.41 Å². The van der Waals surface area contributed by atoms with E-state index < -0.39 is 0 Å². The van der Waals surface area contributed by atoms with E-state index in [0.717, 1.165) is 50.6 Å². The minimum atomic E-state index is -0.378. The Balaban J connectivity index is 1.02. The fourth-order valence-electron chi connectivity index (χ4n) is 8.91. The van der Waals surface area contributed by atoms with Crippen LogP contribution in [0.2, 0.25) is 0 Å². The van der Waals surface area contributed by atoms with Crippen LogP contribution in [0.3, 0.4) is 0 Å². The summed E-state index contributed by atoms with van der Waals surface area (Å²) in [5, 5.41) is 0. The Bertz CT molecular complexity index is 2810. The molecule has 0 radical (unpaired) electrons. The van der Waals surface area contributed by atoms with E-state index in [0.29, 0.717) is 0 Å². The summed E-state index contributed by atoms with van der Waals surface area (Å²) >= 11 is 0. The highest BCUT2D eigenvalue weighted by Crippen LogP contribution is 2.63. The molecule has 4 nitrogen and oxygen atoms in total. The molecule has 0 atom stereocenters. The molecule has 4 heterocycles. The van der Waals surface area contributed by atoms with E-state index in [1.165, 1.54) is 50.1 Å². The molecule has 256 valence electrons. The van der Waals surface area contributed by atoms with Crippen LogP contribution < -0.4 is 0 Å². The van der Waals surface area contributed by atoms with Gasteiger partial charge in [-0.25, -0.2) is 9.97 Å². The van der Waals surface area contributed by atoms with E-state index in [4.69, 9.17) is 9.97 Å². The number of aromatic nitrogens is 4. The molecule has 5 aromatic carbocycles. The van der Waals surface area contributed by atoms with Crippen LogP contribution in [0, 0.1) is 0 Å². The molecule has 2 aliphatic carbocycles. The van der Waals surface area contributed by atoms with Crippen molar-refractivity contribution in [3.8, 4) is 78.4 Å². The minimum absolute atomic E-state index is 0.378. The number of fused-ring (bicyclic) bond motifs is 10. The van der Waals surface area contributed by atoms with Gasteiger partial charge in [-0.2, -0.15) is 0 Å². The molecule has 9 aromatic rings. The van der Waals surface area contributed by atoms with Crippen LogP contribution in [0.25, 0.3) is 78.4 Å². The van der Waals surface area contributed by atoms with E-state index in [9.17, 15) is 0 Å². The normalized spacial score (nSPS) is 12.9. The first-order chi connectivity index (χ1) is 27.3. The topological polar surface area (TPSA) is 51.6 Å². The Kier molecular flexibility index (Phi) is 7.04. The van der Waals surface area contributed by atoms with Crippen LogP contribution in [-0.2, 0) is 5.41 Å². The summed E-state index contributed by atoms with van der Waals surface area (Å²) in [5.74, 6) is 0. The lowest BCUT2D eigenvalue weighted by molar-refractivity contribution is 0.794. The van der Waals surface area contributed by atoms with Crippen LogP contribution >= 0.6 is 0 Å². The Hall–Kier alpha value is -7.30. The molecule has 55 heavy (non-hydrogen) atoms. The highest BCUT2D eigenvalue weighted by Gasteiger charge is 2.51. The Morgan fingerprint density at radius 2 is 0.727 bits per heavy atom. The zero-order chi connectivity index (χ0) is 36.3. The molecule has 0 bridgehead atoms. The molecule has 0 amide bonds. The fourth-order valence-corrected chi connectivity index (χ4v) is 8.91. The summed E-state index contributed by atoms with van der Waals surface area (Å²) in [6, 6.07) is 61.2. The lowest BCUT2D eigenvalue weighted by Gasteiger charge is -2.30. The van der Waals surface area contributed by atoms with Gasteiger partial charge >= 0.3 is 0 Å². The molecule has 0 fully saturated rings. The molecule has 0 saturated heterocycles. The average Bonchev–Trinajstić information content (AvgIpc) is 3.74. The van der Waals surface area contributed by atoms with E-state index >= 15 is 0 Å². The van der Waals surface area contributed by atoms with Crippen LogP contribution in [-0.4, -0.2) is 19.9 Å². The van der Waals surface area contributed by atoms with Gasteiger partial charge in [0.15, 0.2) is 0 Å². The van der Waals surface area contributed by atoms with Gasteiger partial charge in [-0.3, -0.25) is 9.97 Å². The molecule has 2 aliphatic rings. The first-order valence-electron chi connectivity index (χ1n) is 18.6. The van der Waals surface area contributed by atoms with E-state index in [2.05, 4.69) is 156 Å². The van der Waals surface area contributed by atoms with Crippen molar-refractivity contribution in [1.82, 2.24) is 19.9 Å². The third kappa shape index (κ3) is 4.85. The zero-order valence-electron chi connectivity index (χ0n) is 29.8. The third-order valence-corrected chi connectivity index (χ3v) is 11.3. The van der Waals surface area contributed by atoms with Crippen molar-refractivity contribution in [2.24, 2.45) is 0 Å². The summed E-state index contributed by atoms with van der Waals surface area (Å²) in [7, 11) is 0. The summed E-state index contributed by atoms with van der Waals surface area (Å²) < 4.78 is 0. The average molecular weight is 701 g/mol. The van der Waals surface area contributed by atoms with Crippen molar-refractivity contribution in [1.29, 1.82) is 0 Å². The number of hydrogen-bond acceptors (Lipinski definition) is 4. The van der Waals surface area contributed by atoms with Crippen molar-refractivity contribution in [2.75, 3.05) is 0 Å². The van der Waals surface area contributed by atoms with Gasteiger partial charge < -0.3 is 0 Å². The molecule has 0 unspecified atom stereocenters. The van der Waals surface area contributed by atoms with Crippen molar-refractivity contribution in [2.45, 2.75) is 5.41 Å². The number of nitrogens with zero attached hydrogens (tertiary/aromatic N) is 4. The van der Waals surface area contributed by atoms with Gasteiger partial charge in [0, 0.05) is 47.0 Å². The second-order valence-corrected chi connectivity index (χ2v) is 14.2. The molecule has 4 heteroatoms. The van der Waals surface area contributed by atoms with Gasteiger partial charge in [0.05, 0.1) is 28.2 Å².